The molecule has 4 unspecified atom stereocenters. The maximum Gasteiger partial charge on any atom is 0.269 e. The lowest BCUT2D eigenvalue weighted by atomic mass is 9.59. The molecule has 0 aromatic heterocycles. The Morgan fingerprint density at radius 1 is 1.02 bits per heavy atom. The fourth-order valence-corrected chi connectivity index (χ4v) is 7.13. The molecule has 1 fully saturated rings. The molecular weight excluding hydrogens is 612 g/mol. The number of phenols is 1. The fraction of sp³-hybridized carbons (Fsp3) is 0.267. The highest BCUT2D eigenvalue weighted by atomic mass is 79.9. The molecule has 4 aliphatic rings. The number of nitrogens with zero attached hydrogens (tertiary/aromatic N) is 2. The first-order valence-electron chi connectivity index (χ1n) is 13.0. The summed E-state index contributed by atoms with van der Waals surface area (Å²) in [5.74, 6) is -4.60. The van der Waals surface area contributed by atoms with Crippen molar-refractivity contribution in [1.82, 2.24) is 0 Å². The minimum atomic E-state index is -0.926. The van der Waals surface area contributed by atoms with E-state index in [1.54, 1.807) is 6.07 Å². The van der Waals surface area contributed by atoms with Gasteiger partial charge in [0.05, 0.1) is 41.1 Å². The third-order valence-corrected chi connectivity index (χ3v) is 9.08. The molecule has 0 bridgehead atoms. The van der Waals surface area contributed by atoms with Crippen molar-refractivity contribution in [2.45, 2.75) is 18.8 Å². The number of ether oxygens (including phenoxy) is 2. The van der Waals surface area contributed by atoms with E-state index in [1.807, 2.05) is 6.08 Å². The van der Waals surface area contributed by atoms with Crippen LogP contribution in [0.4, 0.5) is 11.4 Å². The Morgan fingerprint density at radius 3 is 2.38 bits per heavy atom. The van der Waals surface area contributed by atoms with Crippen molar-refractivity contribution in [1.29, 1.82) is 0 Å². The zero-order valence-electron chi connectivity index (χ0n) is 22.3. The summed E-state index contributed by atoms with van der Waals surface area (Å²) in [6.07, 6.45) is 3.25. The second-order valence-corrected chi connectivity index (χ2v) is 11.3. The number of Topliss-reactive ketones (excluding diaryl/α,β-unsaturated/α-hetero) is 1. The van der Waals surface area contributed by atoms with Gasteiger partial charge in [0, 0.05) is 53.0 Å². The van der Waals surface area contributed by atoms with Crippen molar-refractivity contribution < 1.29 is 38.7 Å². The smallest absolute Gasteiger partial charge is 0.269 e. The van der Waals surface area contributed by atoms with Gasteiger partial charge in [-0.05, 0) is 46.8 Å². The summed E-state index contributed by atoms with van der Waals surface area (Å²) in [7, 11) is 2.84. The van der Waals surface area contributed by atoms with E-state index < -0.39 is 52.0 Å². The molecule has 0 radical (unpaired) electrons. The van der Waals surface area contributed by atoms with Gasteiger partial charge in [-0.3, -0.25) is 34.2 Å². The SMILES string of the molecule is COc1cc(O)c(C2C3=CCC4C(=O)N(c5ccc([N+](=O)[O-])cc5)C(=O)C4C3CC3=C2C(=O)C=C(Br)C3=O)c(OC)c1. The molecule has 1 N–H and O–H groups in total. The number of phenolic OH excluding ortho intramolecular Hbond substituents is 1. The number of fused-ring (bicyclic) bond motifs is 3. The van der Waals surface area contributed by atoms with Crippen LogP contribution >= 0.6 is 15.9 Å². The average Bonchev–Trinajstić information content (AvgIpc) is 3.23. The topological polar surface area (TPSA) is 153 Å². The van der Waals surface area contributed by atoms with Gasteiger partial charge in [-0.1, -0.05) is 11.6 Å². The zero-order chi connectivity index (χ0) is 30.0. The Kier molecular flexibility index (Phi) is 6.60. The van der Waals surface area contributed by atoms with Gasteiger partial charge in [0.25, 0.3) is 5.69 Å². The molecule has 0 saturated carbocycles. The Bertz CT molecular complexity index is 1710. The number of hydrogen-bond donors (Lipinski definition) is 1. The van der Waals surface area contributed by atoms with E-state index >= 15 is 0 Å². The summed E-state index contributed by atoms with van der Waals surface area (Å²) in [4.78, 5) is 66.1. The van der Waals surface area contributed by atoms with Crippen LogP contribution in [0, 0.1) is 27.9 Å². The molecule has 12 heteroatoms. The third-order valence-electron chi connectivity index (χ3n) is 8.49. The van der Waals surface area contributed by atoms with E-state index in [0.29, 0.717) is 11.3 Å². The highest BCUT2D eigenvalue weighted by Gasteiger charge is 2.57. The molecule has 6 rings (SSSR count). The molecule has 42 heavy (non-hydrogen) atoms. The van der Waals surface area contributed by atoms with Crippen molar-refractivity contribution in [3.05, 3.63) is 85.4 Å². The number of carbonyl (C=O) groups excluding carboxylic acids is 4. The maximum absolute atomic E-state index is 14.0. The Balaban J connectivity index is 1.50. The number of carbonyl (C=O) groups is 4. The van der Waals surface area contributed by atoms with Crippen LogP contribution in [0.25, 0.3) is 0 Å². The van der Waals surface area contributed by atoms with Crippen LogP contribution in [-0.2, 0) is 19.2 Å². The van der Waals surface area contributed by atoms with Crippen molar-refractivity contribution in [2.75, 3.05) is 19.1 Å². The lowest BCUT2D eigenvalue weighted by Crippen LogP contribution is -2.39. The van der Waals surface area contributed by atoms with Gasteiger partial charge in [-0.25, -0.2) is 0 Å². The van der Waals surface area contributed by atoms with Crippen LogP contribution in [0.3, 0.4) is 0 Å². The first-order chi connectivity index (χ1) is 20.1. The molecule has 11 nitrogen and oxygen atoms in total. The number of hydrogen-bond acceptors (Lipinski definition) is 9. The Labute approximate surface area is 247 Å². The van der Waals surface area contributed by atoms with Crippen LogP contribution in [0.2, 0.25) is 0 Å². The first kappa shape index (κ1) is 27.6. The number of anilines is 1. The molecule has 4 atom stereocenters. The zero-order valence-corrected chi connectivity index (χ0v) is 23.9. The van der Waals surface area contributed by atoms with E-state index in [-0.39, 0.29) is 56.9 Å². The molecule has 1 aliphatic heterocycles. The summed E-state index contributed by atoms with van der Waals surface area (Å²) in [6.45, 7) is 0. The van der Waals surface area contributed by atoms with Gasteiger partial charge in [0.2, 0.25) is 11.8 Å². The average molecular weight is 635 g/mol. The molecule has 2 amide bonds. The van der Waals surface area contributed by atoms with Gasteiger partial charge in [0.1, 0.15) is 17.2 Å². The highest BCUT2D eigenvalue weighted by Crippen LogP contribution is 2.58. The Morgan fingerprint density at radius 2 is 1.74 bits per heavy atom. The van der Waals surface area contributed by atoms with Crippen molar-refractivity contribution >= 4 is 50.7 Å². The number of benzene rings is 2. The van der Waals surface area contributed by atoms with Gasteiger partial charge in [-0.15, -0.1) is 0 Å². The normalized spacial score (nSPS) is 25.0. The fourth-order valence-electron chi connectivity index (χ4n) is 6.68. The number of aromatic hydroxyl groups is 1. The van der Waals surface area contributed by atoms with E-state index in [9.17, 15) is 34.4 Å². The number of imide groups is 1. The number of allylic oxidation sites excluding steroid dienone is 6. The first-order valence-corrected chi connectivity index (χ1v) is 13.8. The van der Waals surface area contributed by atoms with E-state index in [0.717, 1.165) is 4.90 Å². The van der Waals surface area contributed by atoms with Crippen LogP contribution in [0.15, 0.2) is 69.8 Å². The van der Waals surface area contributed by atoms with Crippen molar-refractivity contribution in [2.24, 2.45) is 17.8 Å². The largest absolute Gasteiger partial charge is 0.507 e. The number of halogens is 1. The van der Waals surface area contributed by atoms with Gasteiger partial charge in [0.15, 0.2) is 11.6 Å². The number of nitro benzene ring substituents is 1. The number of ketones is 2. The maximum atomic E-state index is 14.0. The number of rotatable bonds is 5. The summed E-state index contributed by atoms with van der Waals surface area (Å²) < 4.78 is 11.0. The minimum Gasteiger partial charge on any atom is -0.507 e. The summed E-state index contributed by atoms with van der Waals surface area (Å²) in [5.41, 5.74) is 1.30. The number of methoxy groups -OCH3 is 2. The third kappa shape index (κ3) is 4.00. The van der Waals surface area contributed by atoms with Gasteiger partial charge < -0.3 is 14.6 Å². The number of amides is 2. The predicted octanol–water partition coefficient (Wildman–Crippen LogP) is 4.28. The number of non-ortho nitro benzene ring substituents is 1. The van der Waals surface area contributed by atoms with Crippen LogP contribution < -0.4 is 14.4 Å². The van der Waals surface area contributed by atoms with E-state index in [2.05, 4.69) is 15.9 Å². The van der Waals surface area contributed by atoms with Crippen LogP contribution in [0.5, 0.6) is 17.2 Å². The Hall–Kier alpha value is -4.58. The summed E-state index contributed by atoms with van der Waals surface area (Å²) in [5, 5.41) is 22.3. The standard InChI is InChI=1S/C30H23BrN2O9/c1-41-15-9-21(34)27(23(10-15)42-2)26-16-7-8-17-24(18(16)11-19-25(26)22(35)12-20(31)28(19)36)30(38)32(29(17)37)13-3-5-14(6-4-13)33(39)40/h3-7,9-10,12,17-18,24,26,34H,8,11H2,1-2H3. The number of nitro groups is 1. The summed E-state index contributed by atoms with van der Waals surface area (Å²) in [6, 6.07) is 8.11. The summed E-state index contributed by atoms with van der Waals surface area (Å²) >= 11 is 3.19. The molecular formula is C30H23BrN2O9. The lowest BCUT2D eigenvalue weighted by Gasteiger charge is -2.42. The second kappa shape index (κ2) is 10.1. The molecule has 0 spiro atoms. The predicted molar refractivity (Wildman–Crippen MR) is 151 cm³/mol. The van der Waals surface area contributed by atoms with Gasteiger partial charge in [-0.2, -0.15) is 0 Å². The van der Waals surface area contributed by atoms with E-state index in [1.165, 1.54) is 50.6 Å². The lowest BCUT2D eigenvalue weighted by molar-refractivity contribution is -0.384. The second-order valence-electron chi connectivity index (χ2n) is 10.4. The van der Waals surface area contributed by atoms with Crippen molar-refractivity contribution in [3.8, 4) is 17.2 Å². The molecule has 214 valence electrons. The van der Waals surface area contributed by atoms with E-state index in [4.69, 9.17) is 9.47 Å². The molecule has 2 aromatic rings. The van der Waals surface area contributed by atoms with Crippen LogP contribution in [0.1, 0.15) is 24.3 Å². The molecule has 1 saturated heterocycles. The monoisotopic (exact) mass is 634 g/mol. The van der Waals surface area contributed by atoms with Crippen LogP contribution in [-0.4, -0.2) is 47.6 Å². The van der Waals surface area contributed by atoms with Crippen molar-refractivity contribution in [3.63, 3.8) is 0 Å². The minimum absolute atomic E-state index is 0.0404. The quantitative estimate of drug-likeness (QED) is 0.167. The molecule has 1 heterocycles. The molecule has 2 aromatic carbocycles. The molecule has 3 aliphatic carbocycles. The highest BCUT2D eigenvalue weighted by molar-refractivity contribution is 9.12. The van der Waals surface area contributed by atoms with Gasteiger partial charge >= 0.3 is 0 Å².